The fourth-order valence-electron chi connectivity index (χ4n) is 2.57. The van der Waals surface area contributed by atoms with Gasteiger partial charge in [0.2, 0.25) is 0 Å². The number of pyridine rings is 1. The summed E-state index contributed by atoms with van der Waals surface area (Å²) in [6.45, 7) is -0.164. The number of aliphatic hydroxyl groups excluding tert-OH is 2. The van der Waals surface area contributed by atoms with Crippen molar-refractivity contribution in [3.63, 3.8) is 0 Å². The van der Waals surface area contributed by atoms with E-state index in [1.165, 1.54) is 24.3 Å². The molecule has 0 aliphatic rings. The topological polar surface area (TPSA) is 56.4 Å². The van der Waals surface area contributed by atoms with Crippen LogP contribution in [0, 0.1) is 5.82 Å². The van der Waals surface area contributed by atoms with Crippen molar-refractivity contribution in [3.05, 3.63) is 95.0 Å². The molecule has 2 aromatic carbocycles. The van der Waals surface area contributed by atoms with E-state index < -0.39 is 5.82 Å². The first kappa shape index (κ1) is 19.9. The van der Waals surface area contributed by atoms with E-state index in [9.17, 15) is 14.6 Å². The van der Waals surface area contributed by atoms with Crippen molar-refractivity contribution in [3.8, 4) is 0 Å². The predicted molar refractivity (Wildman–Crippen MR) is 112 cm³/mol. The number of thiocarbonyl (C=S) groups is 1. The largest absolute Gasteiger partial charge is 0.502 e. The van der Waals surface area contributed by atoms with Gasteiger partial charge in [-0.15, -0.1) is 0 Å². The molecule has 0 bridgehead atoms. The number of halogens is 2. The van der Waals surface area contributed by atoms with Crippen LogP contribution in [0.25, 0.3) is 11.5 Å². The molecule has 0 saturated carbocycles. The molecule has 142 valence electrons. The zero-order valence-corrected chi connectivity index (χ0v) is 16.2. The fourth-order valence-corrected chi connectivity index (χ4v) is 3.02. The number of anilines is 1. The average Bonchev–Trinajstić information content (AvgIpc) is 2.70. The number of rotatable bonds is 5. The highest BCUT2D eigenvalue weighted by Crippen LogP contribution is 2.20. The maximum absolute atomic E-state index is 13.3. The van der Waals surface area contributed by atoms with Gasteiger partial charge in [0.15, 0.2) is 23.1 Å². The van der Waals surface area contributed by atoms with Crippen LogP contribution >= 0.6 is 23.8 Å². The molecule has 0 unspecified atom stereocenters. The van der Waals surface area contributed by atoms with Crippen LogP contribution in [0.2, 0.25) is 5.02 Å². The third-order valence-corrected chi connectivity index (χ3v) is 4.51. The summed E-state index contributed by atoms with van der Waals surface area (Å²) in [5.74, 6) is -0.540. The minimum absolute atomic E-state index is 0.133. The standard InChI is InChI=1S/C21H16ClFN2O2S/c22-16-5-9-18(10-6-16)24-21(28)19(25-11-1-2-14(12-25)13-26)20(27)15-3-7-17(23)8-4-15/h1-12,26H,13H2,(H-,24,27,28)/p+1. The summed E-state index contributed by atoms with van der Waals surface area (Å²) in [7, 11) is 0. The van der Waals surface area contributed by atoms with E-state index in [0.717, 1.165) is 0 Å². The first-order chi connectivity index (χ1) is 13.5. The number of nitrogens with zero attached hydrogens (tertiary/aromatic N) is 1. The summed E-state index contributed by atoms with van der Waals surface area (Å²) in [6.07, 6.45) is 3.36. The van der Waals surface area contributed by atoms with Gasteiger partial charge in [-0.2, -0.15) is 4.57 Å². The smallest absolute Gasteiger partial charge is 0.288 e. The highest BCUT2D eigenvalue weighted by Gasteiger charge is 2.24. The third kappa shape index (κ3) is 4.72. The Bertz CT molecular complexity index is 1020. The molecule has 0 aliphatic carbocycles. The molecule has 3 rings (SSSR count). The van der Waals surface area contributed by atoms with Gasteiger partial charge in [-0.3, -0.25) is 0 Å². The van der Waals surface area contributed by atoms with E-state index in [-0.39, 0.29) is 23.1 Å². The van der Waals surface area contributed by atoms with Gasteiger partial charge in [0.05, 0.1) is 6.61 Å². The molecule has 0 amide bonds. The van der Waals surface area contributed by atoms with Crippen LogP contribution in [0.3, 0.4) is 0 Å². The summed E-state index contributed by atoms with van der Waals surface area (Å²) in [6, 6.07) is 15.9. The Labute approximate surface area is 172 Å². The van der Waals surface area contributed by atoms with E-state index in [1.807, 2.05) is 0 Å². The molecule has 7 heteroatoms. The molecule has 28 heavy (non-hydrogen) atoms. The van der Waals surface area contributed by atoms with Crippen LogP contribution in [-0.4, -0.2) is 15.2 Å². The highest BCUT2D eigenvalue weighted by atomic mass is 35.5. The zero-order valence-electron chi connectivity index (χ0n) is 14.6. The van der Waals surface area contributed by atoms with Crippen LogP contribution in [0.4, 0.5) is 10.1 Å². The summed E-state index contributed by atoms with van der Waals surface area (Å²) in [5, 5.41) is 24.0. The van der Waals surface area contributed by atoms with Crippen molar-refractivity contribution in [1.29, 1.82) is 0 Å². The van der Waals surface area contributed by atoms with E-state index in [1.54, 1.807) is 53.4 Å². The second-order valence-corrected chi connectivity index (χ2v) is 6.79. The fraction of sp³-hybridized carbons (Fsp3) is 0.0476. The van der Waals surface area contributed by atoms with Crippen molar-refractivity contribution in [1.82, 2.24) is 0 Å². The Kier molecular flexibility index (Phi) is 6.36. The Morgan fingerprint density at radius 1 is 1.07 bits per heavy atom. The zero-order chi connectivity index (χ0) is 20.1. The van der Waals surface area contributed by atoms with Crippen LogP contribution < -0.4 is 9.88 Å². The van der Waals surface area contributed by atoms with E-state index in [0.29, 0.717) is 21.8 Å². The maximum Gasteiger partial charge on any atom is 0.288 e. The molecule has 4 nitrogen and oxygen atoms in total. The lowest BCUT2D eigenvalue weighted by Crippen LogP contribution is -2.39. The molecular formula is C21H17ClFN2O2S+. The summed E-state index contributed by atoms with van der Waals surface area (Å²) in [4.78, 5) is 0.240. The molecule has 0 fully saturated rings. The van der Waals surface area contributed by atoms with Gasteiger partial charge in [-0.1, -0.05) is 23.8 Å². The van der Waals surface area contributed by atoms with E-state index in [4.69, 9.17) is 23.8 Å². The lowest BCUT2D eigenvalue weighted by atomic mass is 10.1. The molecule has 1 heterocycles. The molecule has 3 aromatic rings. The molecule has 0 radical (unpaired) electrons. The minimum atomic E-state index is -0.408. The normalized spacial score (nSPS) is 11.7. The van der Waals surface area contributed by atoms with Gasteiger partial charge >= 0.3 is 0 Å². The summed E-state index contributed by atoms with van der Waals surface area (Å²) < 4.78 is 14.9. The van der Waals surface area contributed by atoms with Crippen molar-refractivity contribution in [2.45, 2.75) is 6.61 Å². The number of nitrogens with one attached hydrogen (secondary N) is 1. The average molecular weight is 416 g/mol. The number of hydrogen-bond acceptors (Lipinski definition) is 3. The van der Waals surface area contributed by atoms with Gasteiger partial charge in [0.1, 0.15) is 5.82 Å². The molecular weight excluding hydrogens is 399 g/mol. The van der Waals surface area contributed by atoms with E-state index in [2.05, 4.69) is 5.32 Å². The van der Waals surface area contributed by atoms with Gasteiger partial charge in [-0.25, -0.2) is 4.39 Å². The number of aromatic nitrogens is 1. The molecule has 0 spiro atoms. The van der Waals surface area contributed by atoms with Crippen LogP contribution in [0.5, 0.6) is 0 Å². The monoisotopic (exact) mass is 415 g/mol. The Hall–Kier alpha value is -2.80. The predicted octanol–water partition coefficient (Wildman–Crippen LogP) is 4.58. The van der Waals surface area contributed by atoms with E-state index >= 15 is 0 Å². The first-order valence-electron chi connectivity index (χ1n) is 8.35. The Morgan fingerprint density at radius 2 is 1.75 bits per heavy atom. The van der Waals surface area contributed by atoms with Crippen LogP contribution in [0.1, 0.15) is 11.1 Å². The first-order valence-corrected chi connectivity index (χ1v) is 9.14. The molecule has 1 aromatic heterocycles. The lowest BCUT2D eigenvalue weighted by molar-refractivity contribution is -0.576. The summed E-state index contributed by atoms with van der Waals surface area (Å²) >= 11 is 11.4. The van der Waals surface area contributed by atoms with Crippen LogP contribution in [0.15, 0.2) is 73.1 Å². The third-order valence-electron chi connectivity index (χ3n) is 3.96. The number of aliphatic hydroxyl groups is 2. The van der Waals surface area contributed by atoms with Gasteiger partial charge < -0.3 is 15.5 Å². The Morgan fingerprint density at radius 3 is 2.39 bits per heavy atom. The number of benzene rings is 2. The minimum Gasteiger partial charge on any atom is -0.502 e. The van der Waals surface area contributed by atoms with Crippen molar-refractivity contribution >= 4 is 46.0 Å². The number of hydrogen-bond donors (Lipinski definition) is 3. The molecule has 0 atom stereocenters. The lowest BCUT2D eigenvalue weighted by Gasteiger charge is -2.11. The second kappa shape index (κ2) is 8.93. The van der Waals surface area contributed by atoms with Gasteiger partial charge in [0, 0.05) is 27.9 Å². The highest BCUT2D eigenvalue weighted by molar-refractivity contribution is 7.81. The Balaban J connectivity index is 2.07. The summed E-state index contributed by atoms with van der Waals surface area (Å²) in [5.41, 5.74) is 2.02. The van der Waals surface area contributed by atoms with Gasteiger partial charge in [-0.05, 0) is 54.6 Å². The second-order valence-electron chi connectivity index (χ2n) is 5.94. The molecule has 3 N–H and O–H groups in total. The van der Waals surface area contributed by atoms with Gasteiger partial charge in [0.25, 0.3) is 5.70 Å². The SMILES string of the molecule is OCc1ccc[n+](/C(C(=S)Nc2ccc(Cl)cc2)=C(\O)c2ccc(F)cc2)c1. The van der Waals surface area contributed by atoms with Crippen molar-refractivity contribution in [2.24, 2.45) is 0 Å². The molecule has 0 aliphatic heterocycles. The van der Waals surface area contributed by atoms with Crippen LogP contribution in [-0.2, 0) is 6.61 Å². The van der Waals surface area contributed by atoms with Crippen molar-refractivity contribution < 1.29 is 19.2 Å². The molecule has 0 saturated heterocycles. The quantitative estimate of drug-likeness (QED) is 0.247. The van der Waals surface area contributed by atoms with Crippen molar-refractivity contribution in [2.75, 3.05) is 5.32 Å². The maximum atomic E-state index is 13.3.